The SMILES string of the molecule is COc1ccc(N=C2SC(C(=O)Nc3cccc(C(=O)O)c3)CC(=O)N2CCc2ccc(OC)c(OC)c2)cc1. The third kappa shape index (κ3) is 6.92. The second-order valence-electron chi connectivity index (χ2n) is 8.76. The van der Waals surface area contributed by atoms with E-state index < -0.39 is 17.1 Å². The lowest BCUT2D eigenvalue weighted by molar-refractivity contribution is -0.129. The van der Waals surface area contributed by atoms with E-state index in [-0.39, 0.29) is 17.9 Å². The van der Waals surface area contributed by atoms with Gasteiger partial charge in [0.05, 0.1) is 32.6 Å². The zero-order chi connectivity index (χ0) is 28.6. The van der Waals surface area contributed by atoms with Gasteiger partial charge >= 0.3 is 5.97 Å². The average molecular weight is 564 g/mol. The quantitative estimate of drug-likeness (QED) is 0.366. The molecular formula is C29H29N3O7S. The largest absolute Gasteiger partial charge is 0.497 e. The number of nitrogens with zero attached hydrogens (tertiary/aromatic N) is 2. The zero-order valence-electron chi connectivity index (χ0n) is 22.2. The van der Waals surface area contributed by atoms with E-state index in [0.717, 1.165) is 5.56 Å². The first kappa shape index (κ1) is 28.5. The molecule has 0 saturated carbocycles. The Hall–Kier alpha value is -4.51. The van der Waals surface area contributed by atoms with Crippen molar-refractivity contribution in [2.24, 2.45) is 4.99 Å². The Balaban J connectivity index is 1.56. The molecule has 1 fully saturated rings. The summed E-state index contributed by atoms with van der Waals surface area (Å²) in [5, 5.41) is 11.6. The Kier molecular flexibility index (Phi) is 9.28. The van der Waals surface area contributed by atoms with Crippen LogP contribution in [0.25, 0.3) is 0 Å². The Morgan fingerprint density at radius 3 is 2.42 bits per heavy atom. The fraction of sp³-hybridized carbons (Fsp3) is 0.241. The molecule has 0 spiro atoms. The maximum absolute atomic E-state index is 13.4. The van der Waals surface area contributed by atoms with Gasteiger partial charge in [0.1, 0.15) is 11.0 Å². The fourth-order valence-electron chi connectivity index (χ4n) is 4.06. The summed E-state index contributed by atoms with van der Waals surface area (Å²) in [4.78, 5) is 44.1. The molecule has 0 aliphatic carbocycles. The minimum absolute atomic E-state index is 0.0390. The molecule has 11 heteroatoms. The van der Waals surface area contributed by atoms with Crippen LogP contribution in [-0.2, 0) is 16.0 Å². The van der Waals surface area contributed by atoms with Crippen LogP contribution in [0, 0.1) is 0 Å². The Morgan fingerprint density at radius 1 is 1.00 bits per heavy atom. The lowest BCUT2D eigenvalue weighted by Gasteiger charge is -2.32. The highest BCUT2D eigenvalue weighted by molar-refractivity contribution is 8.15. The fourth-order valence-corrected chi connectivity index (χ4v) is 5.18. The van der Waals surface area contributed by atoms with Crippen LogP contribution in [-0.4, -0.2) is 66.1 Å². The zero-order valence-corrected chi connectivity index (χ0v) is 23.1. The van der Waals surface area contributed by atoms with Crippen molar-refractivity contribution in [2.75, 3.05) is 33.2 Å². The monoisotopic (exact) mass is 563 g/mol. The summed E-state index contributed by atoms with van der Waals surface area (Å²) < 4.78 is 15.9. The van der Waals surface area contributed by atoms with E-state index in [1.807, 2.05) is 18.2 Å². The number of amides is 2. The number of aliphatic imine (C=N–C) groups is 1. The highest BCUT2D eigenvalue weighted by Gasteiger charge is 2.36. The number of aromatic carboxylic acids is 1. The number of carbonyl (C=O) groups excluding carboxylic acids is 2. The van der Waals surface area contributed by atoms with Gasteiger partial charge in [-0.25, -0.2) is 9.79 Å². The predicted octanol–water partition coefficient (Wildman–Crippen LogP) is 4.61. The second kappa shape index (κ2) is 13.0. The van der Waals surface area contributed by atoms with Gasteiger partial charge in [-0.2, -0.15) is 0 Å². The molecule has 1 aliphatic heterocycles. The lowest BCUT2D eigenvalue weighted by Crippen LogP contribution is -2.46. The van der Waals surface area contributed by atoms with E-state index >= 15 is 0 Å². The lowest BCUT2D eigenvalue weighted by atomic mass is 10.1. The molecule has 2 N–H and O–H groups in total. The van der Waals surface area contributed by atoms with Crippen molar-refractivity contribution in [2.45, 2.75) is 18.1 Å². The summed E-state index contributed by atoms with van der Waals surface area (Å²) in [5.74, 6) is 0.115. The highest BCUT2D eigenvalue weighted by Crippen LogP contribution is 2.32. The number of anilines is 1. The van der Waals surface area contributed by atoms with Crippen molar-refractivity contribution in [3.63, 3.8) is 0 Å². The first-order valence-electron chi connectivity index (χ1n) is 12.4. The predicted molar refractivity (Wildman–Crippen MR) is 153 cm³/mol. The van der Waals surface area contributed by atoms with Crippen LogP contribution in [0.2, 0.25) is 0 Å². The van der Waals surface area contributed by atoms with E-state index in [2.05, 4.69) is 5.32 Å². The third-order valence-corrected chi connectivity index (χ3v) is 7.37. The van der Waals surface area contributed by atoms with Crippen molar-refractivity contribution >= 4 is 46.1 Å². The number of methoxy groups -OCH3 is 3. The molecule has 208 valence electrons. The van der Waals surface area contributed by atoms with Crippen LogP contribution in [0.5, 0.6) is 17.2 Å². The maximum Gasteiger partial charge on any atom is 0.335 e. The van der Waals surface area contributed by atoms with Crippen LogP contribution in [0.15, 0.2) is 71.7 Å². The first-order valence-corrected chi connectivity index (χ1v) is 13.2. The number of rotatable bonds is 10. The van der Waals surface area contributed by atoms with Gasteiger partial charge in [-0.3, -0.25) is 14.5 Å². The van der Waals surface area contributed by atoms with Gasteiger partial charge in [-0.15, -0.1) is 0 Å². The summed E-state index contributed by atoms with van der Waals surface area (Å²) in [6.45, 7) is 0.339. The highest BCUT2D eigenvalue weighted by atomic mass is 32.2. The van der Waals surface area contributed by atoms with Gasteiger partial charge in [0.2, 0.25) is 11.8 Å². The standard InChI is InChI=1S/C29H29N3O7S/c1-37-22-10-8-20(9-11-22)31-29-32(14-13-18-7-12-23(38-2)24(15-18)39-3)26(33)17-25(40-29)27(34)30-21-6-4-5-19(16-21)28(35)36/h4-12,15-16,25H,13-14,17H2,1-3H3,(H,30,34)(H,35,36). The number of amidine groups is 1. The van der Waals surface area contributed by atoms with Gasteiger partial charge in [-0.1, -0.05) is 23.9 Å². The first-order chi connectivity index (χ1) is 19.3. The molecule has 3 aromatic carbocycles. The van der Waals surface area contributed by atoms with E-state index in [9.17, 15) is 19.5 Å². The molecule has 4 rings (SSSR count). The van der Waals surface area contributed by atoms with Gasteiger partial charge in [0.25, 0.3) is 0 Å². The van der Waals surface area contributed by atoms with Crippen LogP contribution in [0.3, 0.4) is 0 Å². The minimum atomic E-state index is -1.10. The van der Waals surface area contributed by atoms with Crippen LogP contribution >= 0.6 is 11.8 Å². The normalized spacial score (nSPS) is 16.0. The molecule has 1 aliphatic rings. The number of carbonyl (C=O) groups is 3. The molecule has 1 saturated heterocycles. The number of carboxylic acids is 1. The van der Waals surface area contributed by atoms with Gasteiger partial charge in [-0.05, 0) is 66.6 Å². The molecule has 0 aromatic heterocycles. The van der Waals surface area contributed by atoms with E-state index in [0.29, 0.717) is 46.8 Å². The van der Waals surface area contributed by atoms with Crippen molar-refractivity contribution < 1.29 is 33.7 Å². The van der Waals surface area contributed by atoms with Crippen molar-refractivity contribution in [1.82, 2.24) is 4.90 Å². The second-order valence-corrected chi connectivity index (χ2v) is 9.93. The molecule has 1 atom stereocenters. The number of nitrogens with one attached hydrogen (secondary N) is 1. The van der Waals surface area contributed by atoms with Crippen molar-refractivity contribution in [3.8, 4) is 17.2 Å². The summed E-state index contributed by atoms with van der Waals surface area (Å²) in [5.41, 5.74) is 1.93. The van der Waals surface area contributed by atoms with Crippen molar-refractivity contribution in [1.29, 1.82) is 0 Å². The Labute approximate surface area is 236 Å². The smallest absolute Gasteiger partial charge is 0.335 e. The molecule has 0 bridgehead atoms. The third-order valence-electron chi connectivity index (χ3n) is 6.18. The van der Waals surface area contributed by atoms with Crippen molar-refractivity contribution in [3.05, 3.63) is 77.9 Å². The number of benzene rings is 3. The minimum Gasteiger partial charge on any atom is -0.497 e. The molecule has 1 unspecified atom stereocenters. The van der Waals surface area contributed by atoms with E-state index in [1.54, 1.807) is 62.6 Å². The summed E-state index contributed by atoms with van der Waals surface area (Å²) in [7, 11) is 4.70. The van der Waals surface area contributed by atoms with Gasteiger partial charge in [0.15, 0.2) is 16.7 Å². The molecule has 1 heterocycles. The van der Waals surface area contributed by atoms with E-state index in [4.69, 9.17) is 19.2 Å². The molecule has 3 aromatic rings. The van der Waals surface area contributed by atoms with E-state index in [1.165, 1.54) is 23.9 Å². The molecule has 40 heavy (non-hydrogen) atoms. The molecule has 10 nitrogen and oxygen atoms in total. The van der Waals surface area contributed by atoms with Gasteiger partial charge < -0.3 is 24.6 Å². The number of ether oxygens (including phenoxy) is 3. The summed E-state index contributed by atoms with van der Waals surface area (Å²) in [6, 6.07) is 18.6. The number of hydrogen-bond acceptors (Lipinski definition) is 8. The number of thioether (sulfide) groups is 1. The summed E-state index contributed by atoms with van der Waals surface area (Å²) >= 11 is 1.19. The maximum atomic E-state index is 13.4. The molecular weight excluding hydrogens is 534 g/mol. The Morgan fingerprint density at radius 2 is 1.75 bits per heavy atom. The molecule has 0 radical (unpaired) electrons. The molecule has 2 amide bonds. The number of hydrogen-bond donors (Lipinski definition) is 2. The van der Waals surface area contributed by atoms with Crippen LogP contribution < -0.4 is 19.5 Å². The number of carboxylic acid groups (broad SMARTS) is 1. The van der Waals surface area contributed by atoms with Crippen LogP contribution in [0.1, 0.15) is 22.3 Å². The Bertz CT molecular complexity index is 1430. The average Bonchev–Trinajstić information content (AvgIpc) is 2.96. The summed E-state index contributed by atoms with van der Waals surface area (Å²) in [6.07, 6.45) is 0.482. The topological polar surface area (TPSA) is 127 Å². The van der Waals surface area contributed by atoms with Crippen LogP contribution in [0.4, 0.5) is 11.4 Å². The van der Waals surface area contributed by atoms with Gasteiger partial charge in [0, 0.05) is 18.7 Å².